The van der Waals surface area contributed by atoms with Gasteiger partial charge in [-0.05, 0) is 30.0 Å². The lowest BCUT2D eigenvalue weighted by atomic mass is 9.97. The summed E-state index contributed by atoms with van der Waals surface area (Å²) in [5, 5.41) is 14.2. The number of nitrogens with two attached hydrogens (primary N) is 1. The number of benzene rings is 2. The molecule has 0 amide bonds. The topological polar surface area (TPSA) is 90.4 Å². The van der Waals surface area contributed by atoms with Crippen LogP contribution in [0.1, 0.15) is 25.0 Å². The van der Waals surface area contributed by atoms with Crippen molar-refractivity contribution in [1.29, 1.82) is 0 Å². The fourth-order valence-electron chi connectivity index (χ4n) is 2.86. The van der Waals surface area contributed by atoms with Crippen molar-refractivity contribution in [1.82, 2.24) is 0 Å². The summed E-state index contributed by atoms with van der Waals surface area (Å²) in [6, 6.07) is 6.32. The van der Waals surface area contributed by atoms with Crippen LogP contribution < -0.4 is 15.8 Å². The molecule has 22 heavy (non-hydrogen) atoms. The number of nitrogens with zero attached hydrogens (tertiary/aromatic N) is 1. The first-order valence-electron chi connectivity index (χ1n) is 7.22. The minimum absolute atomic E-state index is 0.00198. The Labute approximate surface area is 128 Å². The fourth-order valence-corrected chi connectivity index (χ4v) is 2.86. The molecule has 0 atom stereocenters. The van der Waals surface area contributed by atoms with E-state index in [-0.39, 0.29) is 5.69 Å². The second-order valence-electron chi connectivity index (χ2n) is 5.17. The van der Waals surface area contributed by atoms with Gasteiger partial charge >= 0.3 is 0 Å². The molecular weight excluding hydrogens is 282 g/mol. The number of nitrogens with one attached hydrogen (secondary N) is 1. The zero-order valence-electron chi connectivity index (χ0n) is 12.5. The van der Waals surface area contributed by atoms with Crippen LogP contribution in [0.15, 0.2) is 24.3 Å². The molecule has 1 aliphatic rings. The SMILES string of the molecule is CCc1c(N)cc2c(c1CC)Nc1ccc([N+](=O)[O-])cc1O2. The maximum Gasteiger partial charge on any atom is 0.273 e. The Morgan fingerprint density at radius 2 is 1.91 bits per heavy atom. The highest BCUT2D eigenvalue weighted by molar-refractivity contribution is 5.82. The quantitative estimate of drug-likeness (QED) is 0.430. The van der Waals surface area contributed by atoms with Gasteiger partial charge in [-0.25, -0.2) is 0 Å². The van der Waals surface area contributed by atoms with Gasteiger partial charge in [0.25, 0.3) is 5.69 Å². The van der Waals surface area contributed by atoms with E-state index in [1.54, 1.807) is 12.1 Å². The Kier molecular flexibility index (Phi) is 3.36. The fraction of sp³-hybridized carbons (Fsp3) is 0.250. The third kappa shape index (κ3) is 2.13. The van der Waals surface area contributed by atoms with E-state index < -0.39 is 4.92 Å². The van der Waals surface area contributed by atoms with Crippen LogP contribution in [0.3, 0.4) is 0 Å². The standard InChI is InChI=1S/C16H17N3O3/c1-3-10-11(4-2)16-15(8-12(10)17)22-14-7-9(19(20)21)5-6-13(14)18-16/h5-8,18H,3-4,17H2,1-2H3. The van der Waals surface area contributed by atoms with Crippen LogP contribution in [-0.2, 0) is 12.8 Å². The van der Waals surface area contributed by atoms with Crippen LogP contribution in [0.25, 0.3) is 0 Å². The maximum atomic E-state index is 10.9. The summed E-state index contributed by atoms with van der Waals surface area (Å²) in [6.45, 7) is 4.14. The van der Waals surface area contributed by atoms with Crippen LogP contribution in [0.4, 0.5) is 22.7 Å². The Hall–Kier alpha value is -2.76. The van der Waals surface area contributed by atoms with Crippen molar-refractivity contribution in [2.24, 2.45) is 0 Å². The normalized spacial score (nSPS) is 11.9. The molecule has 0 spiro atoms. The van der Waals surface area contributed by atoms with Gasteiger partial charge in [-0.1, -0.05) is 13.8 Å². The summed E-state index contributed by atoms with van der Waals surface area (Å²) in [6.07, 6.45) is 1.67. The van der Waals surface area contributed by atoms with Gasteiger partial charge in [-0.2, -0.15) is 0 Å². The lowest BCUT2D eigenvalue weighted by Gasteiger charge is -2.26. The number of nitro benzene ring substituents is 1. The van der Waals surface area contributed by atoms with Crippen LogP contribution in [0.2, 0.25) is 0 Å². The Morgan fingerprint density at radius 1 is 1.18 bits per heavy atom. The predicted molar refractivity (Wildman–Crippen MR) is 86.1 cm³/mol. The molecule has 2 aromatic rings. The van der Waals surface area contributed by atoms with Crippen LogP contribution in [0, 0.1) is 10.1 Å². The average molecular weight is 299 g/mol. The average Bonchev–Trinajstić information content (AvgIpc) is 2.51. The summed E-state index contributed by atoms with van der Waals surface area (Å²) in [7, 11) is 0. The van der Waals surface area contributed by atoms with Gasteiger partial charge in [0.2, 0.25) is 0 Å². The second kappa shape index (κ2) is 5.22. The summed E-state index contributed by atoms with van der Waals surface area (Å²) in [5.74, 6) is 1.05. The number of non-ortho nitro benzene ring substituents is 1. The second-order valence-corrected chi connectivity index (χ2v) is 5.17. The molecule has 114 valence electrons. The zero-order chi connectivity index (χ0) is 15.9. The molecule has 1 heterocycles. The lowest BCUT2D eigenvalue weighted by molar-refractivity contribution is -0.384. The van der Waals surface area contributed by atoms with E-state index in [1.165, 1.54) is 12.1 Å². The zero-order valence-corrected chi connectivity index (χ0v) is 12.5. The third-order valence-corrected chi connectivity index (χ3v) is 3.91. The van der Waals surface area contributed by atoms with Crippen molar-refractivity contribution in [2.45, 2.75) is 26.7 Å². The van der Waals surface area contributed by atoms with Gasteiger partial charge in [0.1, 0.15) is 0 Å². The Balaban J connectivity index is 2.12. The summed E-state index contributed by atoms with van der Waals surface area (Å²) >= 11 is 0. The lowest BCUT2D eigenvalue weighted by Crippen LogP contribution is -2.09. The number of rotatable bonds is 3. The van der Waals surface area contributed by atoms with Crippen molar-refractivity contribution in [3.05, 3.63) is 45.5 Å². The molecule has 0 aromatic heterocycles. The molecule has 3 N–H and O–H groups in total. The molecule has 1 aliphatic heterocycles. The minimum atomic E-state index is -0.439. The van der Waals surface area contributed by atoms with Crippen LogP contribution in [-0.4, -0.2) is 4.92 Å². The van der Waals surface area contributed by atoms with E-state index in [0.29, 0.717) is 17.2 Å². The maximum absolute atomic E-state index is 10.9. The van der Waals surface area contributed by atoms with E-state index >= 15 is 0 Å². The highest BCUT2D eigenvalue weighted by Gasteiger charge is 2.24. The molecule has 0 unspecified atom stereocenters. The number of hydrogen-bond acceptors (Lipinski definition) is 5. The number of nitrogen functional groups attached to an aromatic ring is 1. The molecule has 0 bridgehead atoms. The molecular formula is C16H17N3O3. The van der Waals surface area contributed by atoms with Gasteiger partial charge in [0.05, 0.1) is 22.4 Å². The molecule has 0 saturated carbocycles. The monoisotopic (exact) mass is 299 g/mol. The third-order valence-electron chi connectivity index (χ3n) is 3.91. The number of ether oxygens (including phenoxy) is 1. The smallest absolute Gasteiger partial charge is 0.273 e. The largest absolute Gasteiger partial charge is 0.453 e. The summed E-state index contributed by atoms with van der Waals surface area (Å²) in [4.78, 5) is 10.4. The van der Waals surface area contributed by atoms with Crippen molar-refractivity contribution in [2.75, 3.05) is 11.1 Å². The predicted octanol–water partition coefficient (Wildman–Crippen LogP) is 4.15. The number of hydrogen-bond donors (Lipinski definition) is 2. The molecule has 0 aliphatic carbocycles. The number of anilines is 3. The number of fused-ring (bicyclic) bond motifs is 2. The molecule has 3 rings (SSSR count). The summed E-state index contributed by atoms with van der Waals surface area (Å²) < 4.78 is 5.84. The van der Waals surface area contributed by atoms with Crippen LogP contribution in [0.5, 0.6) is 11.5 Å². The van der Waals surface area contributed by atoms with Gasteiger partial charge in [-0.15, -0.1) is 0 Å². The molecule has 0 saturated heterocycles. The molecule has 0 radical (unpaired) electrons. The molecule has 6 heteroatoms. The highest BCUT2D eigenvalue weighted by Crippen LogP contribution is 2.47. The van der Waals surface area contributed by atoms with E-state index in [4.69, 9.17) is 10.5 Å². The molecule has 0 fully saturated rings. The first-order valence-corrected chi connectivity index (χ1v) is 7.22. The first-order chi connectivity index (χ1) is 10.5. The van der Waals surface area contributed by atoms with Crippen molar-refractivity contribution in [3.63, 3.8) is 0 Å². The highest BCUT2D eigenvalue weighted by atomic mass is 16.6. The molecule has 6 nitrogen and oxygen atoms in total. The van der Waals surface area contributed by atoms with Gasteiger partial charge in [0, 0.05) is 17.8 Å². The van der Waals surface area contributed by atoms with E-state index in [9.17, 15) is 10.1 Å². The summed E-state index contributed by atoms with van der Waals surface area (Å²) in [5.41, 5.74) is 10.7. The minimum Gasteiger partial charge on any atom is -0.453 e. The first kappa shape index (κ1) is 14.2. The van der Waals surface area contributed by atoms with E-state index in [2.05, 4.69) is 19.2 Å². The van der Waals surface area contributed by atoms with Gasteiger partial charge in [0.15, 0.2) is 11.5 Å². The van der Waals surface area contributed by atoms with Crippen LogP contribution >= 0.6 is 0 Å². The van der Waals surface area contributed by atoms with E-state index in [1.807, 2.05) is 0 Å². The number of nitro groups is 1. The van der Waals surface area contributed by atoms with E-state index in [0.717, 1.165) is 35.3 Å². The Bertz CT molecular complexity index is 772. The Morgan fingerprint density at radius 3 is 2.55 bits per heavy atom. The van der Waals surface area contributed by atoms with Crippen molar-refractivity contribution < 1.29 is 9.66 Å². The van der Waals surface area contributed by atoms with Gasteiger partial charge < -0.3 is 15.8 Å². The van der Waals surface area contributed by atoms with Gasteiger partial charge in [-0.3, -0.25) is 10.1 Å². The van der Waals surface area contributed by atoms with Crippen molar-refractivity contribution >= 4 is 22.7 Å². The van der Waals surface area contributed by atoms with Crippen molar-refractivity contribution in [3.8, 4) is 11.5 Å². The molecule has 2 aromatic carbocycles.